The Morgan fingerprint density at radius 2 is 1.88 bits per heavy atom. The zero-order valence-corrected chi connectivity index (χ0v) is 18.3. The number of benzene rings is 2. The first kappa shape index (κ1) is 20.4. The van der Waals surface area contributed by atoms with Gasteiger partial charge in [0.25, 0.3) is 5.91 Å². The number of fused-ring (bicyclic) bond motifs is 1. The van der Waals surface area contributed by atoms with Crippen LogP contribution in [0.1, 0.15) is 36.5 Å². The van der Waals surface area contributed by atoms with Gasteiger partial charge < -0.3 is 15.2 Å². The fourth-order valence-electron chi connectivity index (χ4n) is 4.16. The van der Waals surface area contributed by atoms with Gasteiger partial charge >= 0.3 is 0 Å². The van der Waals surface area contributed by atoms with Crippen LogP contribution in [0.5, 0.6) is 0 Å². The van der Waals surface area contributed by atoms with Crippen molar-refractivity contribution in [3.05, 3.63) is 60.3 Å². The summed E-state index contributed by atoms with van der Waals surface area (Å²) in [5.41, 5.74) is 2.78. The Hall–Kier alpha value is -3.52. The normalized spacial score (nSPS) is 18.5. The molecule has 2 N–H and O–H groups in total. The Kier molecular flexibility index (Phi) is 5.01. The molecule has 1 aromatic heterocycles. The predicted octanol–water partition coefficient (Wildman–Crippen LogP) is 3.86. The quantitative estimate of drug-likeness (QED) is 0.444. The molecular formula is C24H22N4O3S. The molecule has 32 heavy (non-hydrogen) atoms. The molecule has 162 valence electrons. The van der Waals surface area contributed by atoms with Crippen LogP contribution in [0, 0.1) is 0 Å². The Morgan fingerprint density at radius 1 is 1.12 bits per heavy atom. The lowest BCUT2D eigenvalue weighted by Crippen LogP contribution is -2.39. The van der Waals surface area contributed by atoms with Gasteiger partial charge in [0.2, 0.25) is 5.91 Å². The number of hydrogen-bond donors (Lipinski definition) is 2. The molecule has 3 aromatic rings. The van der Waals surface area contributed by atoms with Crippen molar-refractivity contribution in [2.24, 2.45) is 0 Å². The molecule has 1 saturated heterocycles. The summed E-state index contributed by atoms with van der Waals surface area (Å²) in [6.07, 6.45) is 3.76. The number of ketones is 1. The standard InChI is InChI=1S/C24H22N4O3S/c1-14(29)15-3-6-19(7-4-15)28-23(31)21(27(24(28)32)18-8-9-18)13-22(30)26-17-5-2-16-10-11-25-20(16)12-17/h2-7,10-12,18,21,25H,8-9,13H2,1H3,(H,26,30). The van der Waals surface area contributed by atoms with Crippen molar-refractivity contribution in [2.75, 3.05) is 10.2 Å². The lowest BCUT2D eigenvalue weighted by Gasteiger charge is -2.23. The van der Waals surface area contributed by atoms with Crippen LogP contribution in [0.3, 0.4) is 0 Å². The minimum Gasteiger partial charge on any atom is -0.361 e. The Balaban J connectivity index is 1.36. The summed E-state index contributed by atoms with van der Waals surface area (Å²) in [6.45, 7) is 1.50. The van der Waals surface area contributed by atoms with E-state index in [2.05, 4.69) is 10.3 Å². The van der Waals surface area contributed by atoms with E-state index in [1.165, 1.54) is 11.8 Å². The number of hydrogen-bond acceptors (Lipinski definition) is 4. The number of anilines is 2. The second-order valence-electron chi connectivity index (χ2n) is 8.25. The van der Waals surface area contributed by atoms with Crippen LogP contribution < -0.4 is 10.2 Å². The highest BCUT2D eigenvalue weighted by Gasteiger charge is 2.49. The largest absolute Gasteiger partial charge is 0.361 e. The summed E-state index contributed by atoms with van der Waals surface area (Å²) in [5, 5.41) is 4.38. The highest BCUT2D eigenvalue weighted by molar-refractivity contribution is 7.80. The van der Waals surface area contributed by atoms with Crippen molar-refractivity contribution in [2.45, 2.75) is 38.3 Å². The fraction of sp³-hybridized carbons (Fsp3) is 0.250. The number of aromatic nitrogens is 1. The number of H-pyrrole nitrogens is 1. The van der Waals surface area contributed by atoms with E-state index in [1.54, 1.807) is 24.3 Å². The van der Waals surface area contributed by atoms with E-state index in [4.69, 9.17) is 12.2 Å². The van der Waals surface area contributed by atoms with Crippen molar-refractivity contribution < 1.29 is 14.4 Å². The molecule has 5 rings (SSSR count). The molecule has 1 atom stereocenters. The highest BCUT2D eigenvalue weighted by atomic mass is 32.1. The van der Waals surface area contributed by atoms with Crippen LogP contribution in [0.25, 0.3) is 10.9 Å². The third-order valence-electron chi connectivity index (χ3n) is 5.94. The number of thiocarbonyl (C=S) groups is 1. The molecule has 7 nitrogen and oxygen atoms in total. The molecule has 0 radical (unpaired) electrons. The molecule has 8 heteroatoms. The number of carbonyl (C=O) groups excluding carboxylic acids is 3. The predicted molar refractivity (Wildman–Crippen MR) is 127 cm³/mol. The van der Waals surface area contributed by atoms with Crippen LogP contribution >= 0.6 is 12.2 Å². The summed E-state index contributed by atoms with van der Waals surface area (Å²) in [5.74, 6) is -0.498. The molecule has 0 spiro atoms. The summed E-state index contributed by atoms with van der Waals surface area (Å²) < 4.78 is 0. The Morgan fingerprint density at radius 3 is 2.56 bits per heavy atom. The van der Waals surface area contributed by atoms with Gasteiger partial charge in [-0.05, 0) is 79.8 Å². The SMILES string of the molecule is CC(=O)c1ccc(N2C(=O)C(CC(=O)Nc3ccc4cc[nH]c4c3)N(C3CC3)C2=S)cc1. The van der Waals surface area contributed by atoms with Crippen molar-refractivity contribution in [1.29, 1.82) is 0 Å². The molecule has 1 saturated carbocycles. The van der Waals surface area contributed by atoms with Crippen LogP contribution in [-0.4, -0.2) is 44.7 Å². The van der Waals surface area contributed by atoms with Gasteiger partial charge in [0.15, 0.2) is 10.9 Å². The van der Waals surface area contributed by atoms with E-state index in [-0.39, 0.29) is 30.1 Å². The number of Topliss-reactive ketones (excluding diaryl/α,β-unsaturated/α-hetero) is 1. The first-order chi connectivity index (χ1) is 15.4. The zero-order valence-electron chi connectivity index (χ0n) is 17.5. The van der Waals surface area contributed by atoms with Crippen LogP contribution in [0.2, 0.25) is 0 Å². The van der Waals surface area contributed by atoms with E-state index in [0.29, 0.717) is 22.1 Å². The minimum absolute atomic E-state index is 0.0142. The van der Waals surface area contributed by atoms with Crippen molar-refractivity contribution in [3.63, 3.8) is 0 Å². The van der Waals surface area contributed by atoms with E-state index in [1.807, 2.05) is 35.4 Å². The Labute approximate surface area is 190 Å². The van der Waals surface area contributed by atoms with Gasteiger partial charge in [-0.2, -0.15) is 0 Å². The third kappa shape index (κ3) is 3.67. The molecule has 2 aliphatic rings. The summed E-state index contributed by atoms with van der Waals surface area (Å²) >= 11 is 5.65. The van der Waals surface area contributed by atoms with Gasteiger partial charge in [-0.25, -0.2) is 0 Å². The lowest BCUT2D eigenvalue weighted by molar-refractivity contribution is -0.124. The lowest BCUT2D eigenvalue weighted by atomic mass is 10.1. The number of carbonyl (C=O) groups is 3. The molecule has 2 aromatic carbocycles. The molecule has 2 amide bonds. The van der Waals surface area contributed by atoms with Gasteiger partial charge in [-0.1, -0.05) is 6.07 Å². The summed E-state index contributed by atoms with van der Waals surface area (Å²) in [6, 6.07) is 14.0. The molecule has 2 heterocycles. The van der Waals surface area contributed by atoms with Crippen molar-refractivity contribution >= 4 is 57.2 Å². The molecular weight excluding hydrogens is 424 g/mol. The monoisotopic (exact) mass is 446 g/mol. The highest BCUT2D eigenvalue weighted by Crippen LogP contribution is 2.37. The van der Waals surface area contributed by atoms with Gasteiger partial charge in [-0.3, -0.25) is 19.3 Å². The fourth-order valence-corrected chi connectivity index (χ4v) is 4.63. The van der Waals surface area contributed by atoms with E-state index >= 15 is 0 Å². The van der Waals surface area contributed by atoms with E-state index < -0.39 is 6.04 Å². The number of rotatable bonds is 6. The van der Waals surface area contributed by atoms with Crippen molar-refractivity contribution in [1.82, 2.24) is 9.88 Å². The average Bonchev–Trinajstić information content (AvgIpc) is 3.43. The number of nitrogens with one attached hydrogen (secondary N) is 2. The first-order valence-corrected chi connectivity index (χ1v) is 11.0. The van der Waals surface area contributed by atoms with E-state index in [0.717, 1.165) is 23.7 Å². The van der Waals surface area contributed by atoms with Crippen LogP contribution in [-0.2, 0) is 9.59 Å². The topological polar surface area (TPSA) is 85.5 Å². The molecule has 1 aliphatic carbocycles. The van der Waals surface area contributed by atoms with Crippen LogP contribution in [0.15, 0.2) is 54.7 Å². The van der Waals surface area contributed by atoms with Gasteiger partial charge in [0.05, 0.1) is 12.1 Å². The van der Waals surface area contributed by atoms with Crippen molar-refractivity contribution in [3.8, 4) is 0 Å². The number of nitrogens with zero attached hydrogens (tertiary/aromatic N) is 2. The third-order valence-corrected chi connectivity index (χ3v) is 6.34. The number of aromatic amines is 1. The average molecular weight is 447 g/mol. The molecule has 0 bridgehead atoms. The summed E-state index contributed by atoms with van der Waals surface area (Å²) in [4.78, 5) is 44.3. The summed E-state index contributed by atoms with van der Waals surface area (Å²) in [7, 11) is 0. The second-order valence-corrected chi connectivity index (χ2v) is 8.61. The van der Waals surface area contributed by atoms with Gasteiger partial charge in [0, 0.05) is 29.0 Å². The smallest absolute Gasteiger partial charge is 0.256 e. The maximum absolute atomic E-state index is 13.4. The van der Waals surface area contributed by atoms with Gasteiger partial charge in [0.1, 0.15) is 6.04 Å². The zero-order chi connectivity index (χ0) is 22.4. The minimum atomic E-state index is -0.642. The second kappa shape index (κ2) is 7.87. The maximum atomic E-state index is 13.4. The maximum Gasteiger partial charge on any atom is 0.256 e. The van der Waals surface area contributed by atoms with Crippen LogP contribution in [0.4, 0.5) is 11.4 Å². The van der Waals surface area contributed by atoms with Gasteiger partial charge in [-0.15, -0.1) is 0 Å². The first-order valence-electron chi connectivity index (χ1n) is 10.6. The Bertz CT molecular complexity index is 1250. The molecule has 1 unspecified atom stereocenters. The number of amides is 2. The van der Waals surface area contributed by atoms with E-state index in [9.17, 15) is 14.4 Å². The molecule has 1 aliphatic heterocycles. The molecule has 2 fully saturated rings.